The predicted octanol–water partition coefficient (Wildman–Crippen LogP) is 3.78. The fourth-order valence-electron chi connectivity index (χ4n) is 2.67. The molecule has 0 fully saturated rings. The lowest BCUT2D eigenvalue weighted by Crippen LogP contribution is -1.95. The van der Waals surface area contributed by atoms with Gasteiger partial charge >= 0.3 is 5.97 Å². The van der Waals surface area contributed by atoms with Crippen LogP contribution in [0.15, 0.2) is 65.3 Å². The highest BCUT2D eigenvalue weighted by molar-refractivity contribution is 5.84. The Morgan fingerprint density at radius 2 is 1.93 bits per heavy atom. The van der Waals surface area contributed by atoms with E-state index in [-0.39, 0.29) is 18.1 Å². The van der Waals surface area contributed by atoms with Crippen LogP contribution in [-0.2, 0) is 6.61 Å². The number of carboxylic acids is 1. The van der Waals surface area contributed by atoms with Crippen LogP contribution in [0.3, 0.4) is 0 Å². The summed E-state index contributed by atoms with van der Waals surface area (Å²) in [6, 6.07) is 13.1. The van der Waals surface area contributed by atoms with Gasteiger partial charge in [0.25, 0.3) is 5.69 Å². The van der Waals surface area contributed by atoms with Crippen molar-refractivity contribution in [2.24, 2.45) is 0 Å². The Kier molecular flexibility index (Phi) is 4.24. The van der Waals surface area contributed by atoms with Crippen LogP contribution in [-0.4, -0.2) is 25.4 Å². The highest BCUT2D eigenvalue weighted by Gasteiger charge is 2.11. The maximum atomic E-state index is 10.9. The van der Waals surface area contributed by atoms with Gasteiger partial charge in [-0.1, -0.05) is 0 Å². The van der Waals surface area contributed by atoms with Crippen molar-refractivity contribution in [3.8, 4) is 17.0 Å². The summed E-state index contributed by atoms with van der Waals surface area (Å²) in [5, 5.41) is 19.7. The lowest BCUT2D eigenvalue weighted by atomic mass is 10.2. The second-order valence-electron chi connectivity index (χ2n) is 5.92. The third-order valence-corrected chi connectivity index (χ3v) is 4.05. The smallest absolute Gasteiger partial charge is 0.371 e. The molecular weight excluding hydrogens is 366 g/mol. The first kappa shape index (κ1) is 17.3. The molecule has 4 aromatic rings. The van der Waals surface area contributed by atoms with Gasteiger partial charge in [-0.3, -0.25) is 14.5 Å². The van der Waals surface area contributed by atoms with Gasteiger partial charge in [0.2, 0.25) is 5.76 Å². The topological polar surface area (TPSA) is 120 Å². The molecule has 0 atom stereocenters. The Morgan fingerprint density at radius 1 is 1.14 bits per heavy atom. The second kappa shape index (κ2) is 6.88. The van der Waals surface area contributed by atoms with Gasteiger partial charge in [0, 0.05) is 17.8 Å². The van der Waals surface area contributed by atoms with Crippen molar-refractivity contribution in [2.75, 3.05) is 0 Å². The van der Waals surface area contributed by atoms with Gasteiger partial charge in [-0.05, 0) is 42.5 Å². The minimum atomic E-state index is -1.13. The lowest BCUT2D eigenvalue weighted by Gasteiger charge is -2.04. The standard InChI is InChI=1S/C19H13N3O6/c23-19(24)17-7-6-15(28-17)11-27-14-4-1-12(2-5-14)16-10-21-9-13(22(25)26)3-8-18(21)20-16/h1-10H,11H2,(H,23,24). The van der Waals surface area contributed by atoms with E-state index in [4.69, 9.17) is 14.3 Å². The minimum Gasteiger partial charge on any atom is -0.486 e. The molecule has 0 saturated carbocycles. The van der Waals surface area contributed by atoms with E-state index in [0.717, 1.165) is 5.56 Å². The maximum Gasteiger partial charge on any atom is 0.371 e. The van der Waals surface area contributed by atoms with Crippen molar-refractivity contribution in [2.45, 2.75) is 6.61 Å². The molecule has 0 radical (unpaired) electrons. The summed E-state index contributed by atoms with van der Waals surface area (Å²) < 4.78 is 12.3. The number of aromatic carboxylic acids is 1. The Bertz CT molecular complexity index is 1180. The van der Waals surface area contributed by atoms with Crippen molar-refractivity contribution in [3.63, 3.8) is 0 Å². The Hall–Kier alpha value is -4.14. The highest BCUT2D eigenvalue weighted by Crippen LogP contribution is 2.24. The van der Waals surface area contributed by atoms with Crippen LogP contribution >= 0.6 is 0 Å². The summed E-state index contributed by atoms with van der Waals surface area (Å²) in [7, 11) is 0. The number of nitrogens with zero attached hydrogens (tertiary/aromatic N) is 3. The van der Waals surface area contributed by atoms with Crippen LogP contribution in [0, 0.1) is 10.1 Å². The molecule has 0 aliphatic heterocycles. The van der Waals surface area contributed by atoms with E-state index in [1.807, 2.05) is 12.1 Å². The summed E-state index contributed by atoms with van der Waals surface area (Å²) in [6.07, 6.45) is 3.13. The molecule has 9 heteroatoms. The number of carboxylic acid groups (broad SMARTS) is 1. The van der Waals surface area contributed by atoms with Crippen LogP contribution in [0.25, 0.3) is 16.9 Å². The number of furan rings is 1. The molecule has 0 aliphatic rings. The first-order valence-electron chi connectivity index (χ1n) is 8.18. The van der Waals surface area contributed by atoms with E-state index < -0.39 is 10.9 Å². The number of ether oxygens (including phenoxy) is 1. The molecule has 1 N–H and O–H groups in total. The molecule has 28 heavy (non-hydrogen) atoms. The third-order valence-electron chi connectivity index (χ3n) is 4.05. The molecule has 3 aromatic heterocycles. The molecule has 0 spiro atoms. The molecular formula is C19H13N3O6. The summed E-state index contributed by atoms with van der Waals surface area (Å²) in [5.41, 5.74) is 2.09. The maximum absolute atomic E-state index is 10.9. The van der Waals surface area contributed by atoms with Crippen molar-refractivity contribution in [1.82, 2.24) is 9.38 Å². The molecule has 0 saturated heterocycles. The van der Waals surface area contributed by atoms with Crippen LogP contribution in [0.4, 0.5) is 5.69 Å². The average Bonchev–Trinajstić information content (AvgIpc) is 3.33. The molecule has 140 valence electrons. The summed E-state index contributed by atoms with van der Waals surface area (Å²) in [6.45, 7) is 0.102. The fourth-order valence-corrected chi connectivity index (χ4v) is 2.67. The van der Waals surface area contributed by atoms with E-state index >= 15 is 0 Å². The number of fused-ring (bicyclic) bond motifs is 1. The van der Waals surface area contributed by atoms with E-state index in [0.29, 0.717) is 22.9 Å². The number of nitro groups is 1. The van der Waals surface area contributed by atoms with Crippen molar-refractivity contribution in [1.29, 1.82) is 0 Å². The summed E-state index contributed by atoms with van der Waals surface area (Å²) in [5.74, 6) is -0.283. The molecule has 3 heterocycles. The number of benzene rings is 1. The molecule has 0 aliphatic carbocycles. The average molecular weight is 379 g/mol. The Labute approximate surface area is 157 Å². The van der Waals surface area contributed by atoms with Crippen molar-refractivity contribution >= 4 is 17.3 Å². The van der Waals surface area contributed by atoms with E-state index in [1.165, 1.54) is 18.3 Å². The third kappa shape index (κ3) is 3.40. The number of hydrogen-bond acceptors (Lipinski definition) is 6. The largest absolute Gasteiger partial charge is 0.486 e. The zero-order chi connectivity index (χ0) is 19.7. The number of aromatic nitrogens is 2. The van der Waals surface area contributed by atoms with Gasteiger partial charge < -0.3 is 14.3 Å². The second-order valence-corrected chi connectivity index (χ2v) is 5.92. The number of carbonyl (C=O) groups is 1. The lowest BCUT2D eigenvalue weighted by molar-refractivity contribution is -0.385. The van der Waals surface area contributed by atoms with Crippen LogP contribution in [0.2, 0.25) is 0 Å². The number of rotatable bonds is 6. The number of imidazole rings is 1. The monoisotopic (exact) mass is 379 g/mol. The SMILES string of the molecule is O=C(O)c1ccc(COc2ccc(-c3cn4cc([N+](=O)[O-])ccc4n3)cc2)o1. The quantitative estimate of drug-likeness (QED) is 0.400. The molecule has 4 rings (SSSR count). The fraction of sp³-hybridized carbons (Fsp3) is 0.0526. The molecule has 0 bridgehead atoms. The Balaban J connectivity index is 1.48. The van der Waals surface area contributed by atoms with Crippen molar-refractivity contribution in [3.05, 3.63) is 82.6 Å². The number of hydrogen-bond donors (Lipinski definition) is 1. The van der Waals surface area contributed by atoms with Gasteiger partial charge in [0.15, 0.2) is 0 Å². The Morgan fingerprint density at radius 3 is 2.61 bits per heavy atom. The van der Waals surface area contributed by atoms with Gasteiger partial charge in [0.05, 0.1) is 16.8 Å². The zero-order valence-electron chi connectivity index (χ0n) is 14.3. The molecule has 1 aromatic carbocycles. The number of pyridine rings is 1. The zero-order valence-corrected chi connectivity index (χ0v) is 14.3. The minimum absolute atomic E-state index is 0.0100. The van der Waals surface area contributed by atoms with Crippen molar-refractivity contribution < 1.29 is 24.0 Å². The van der Waals surface area contributed by atoms with E-state index in [9.17, 15) is 14.9 Å². The van der Waals surface area contributed by atoms with Gasteiger partial charge in [-0.25, -0.2) is 9.78 Å². The highest BCUT2D eigenvalue weighted by atomic mass is 16.6. The molecule has 0 amide bonds. The normalized spacial score (nSPS) is 10.9. The van der Waals surface area contributed by atoms with Crippen LogP contribution in [0.1, 0.15) is 16.3 Å². The van der Waals surface area contributed by atoms with E-state index in [2.05, 4.69) is 4.98 Å². The van der Waals surface area contributed by atoms with Gasteiger partial charge in [-0.2, -0.15) is 0 Å². The van der Waals surface area contributed by atoms with Crippen LogP contribution in [0.5, 0.6) is 5.75 Å². The van der Waals surface area contributed by atoms with Gasteiger partial charge in [0.1, 0.15) is 23.8 Å². The summed E-state index contributed by atoms with van der Waals surface area (Å²) >= 11 is 0. The van der Waals surface area contributed by atoms with E-state index in [1.54, 1.807) is 34.9 Å². The van der Waals surface area contributed by atoms with Gasteiger partial charge in [-0.15, -0.1) is 0 Å². The molecule has 9 nitrogen and oxygen atoms in total. The first-order chi connectivity index (χ1) is 13.5. The molecule has 0 unspecified atom stereocenters. The predicted molar refractivity (Wildman–Crippen MR) is 97.3 cm³/mol. The first-order valence-corrected chi connectivity index (χ1v) is 8.18. The van der Waals surface area contributed by atoms with Crippen LogP contribution < -0.4 is 4.74 Å². The summed E-state index contributed by atoms with van der Waals surface area (Å²) in [4.78, 5) is 25.7.